The summed E-state index contributed by atoms with van der Waals surface area (Å²) in [5.41, 5.74) is 5.13. The van der Waals surface area contributed by atoms with Crippen LogP contribution in [0.3, 0.4) is 0 Å². The van der Waals surface area contributed by atoms with E-state index in [4.69, 9.17) is 10.5 Å². The minimum Gasteiger partial charge on any atom is -0.444 e. The highest BCUT2D eigenvalue weighted by Crippen LogP contribution is 2.29. The average Bonchev–Trinajstić information content (AvgIpc) is 2.10. The molecule has 4 heteroatoms. The van der Waals surface area contributed by atoms with Gasteiger partial charge in [-0.15, -0.1) is 0 Å². The third kappa shape index (κ3) is 6.24. The van der Waals surface area contributed by atoms with Crippen molar-refractivity contribution in [2.24, 2.45) is 17.1 Å². The van der Waals surface area contributed by atoms with Gasteiger partial charge < -0.3 is 15.8 Å². The third-order valence-corrected chi connectivity index (χ3v) is 2.97. The minimum atomic E-state index is -0.469. The zero-order valence-corrected chi connectivity index (χ0v) is 13.0. The highest BCUT2D eigenvalue weighted by Gasteiger charge is 2.33. The van der Waals surface area contributed by atoms with Crippen LogP contribution in [0.25, 0.3) is 0 Å². The standard InChI is InChI=1S/C14H30N2O2/c1-10(2)11(14(6,7)8-9-15)16-12(17)18-13(3,4)5/h10-11H,8-9,15H2,1-7H3,(H,16,17). The number of hydrogen-bond acceptors (Lipinski definition) is 3. The van der Waals surface area contributed by atoms with E-state index in [0.717, 1.165) is 6.42 Å². The molecule has 1 amide bonds. The first-order valence-electron chi connectivity index (χ1n) is 6.69. The van der Waals surface area contributed by atoms with Crippen molar-refractivity contribution in [3.8, 4) is 0 Å². The molecule has 0 aromatic heterocycles. The molecule has 0 rings (SSSR count). The number of rotatable bonds is 5. The van der Waals surface area contributed by atoms with Crippen LogP contribution >= 0.6 is 0 Å². The predicted octanol–water partition coefficient (Wildman–Crippen LogP) is 2.91. The molecule has 0 radical (unpaired) electrons. The van der Waals surface area contributed by atoms with E-state index in [1.54, 1.807) is 0 Å². The van der Waals surface area contributed by atoms with E-state index in [1.165, 1.54) is 0 Å². The predicted molar refractivity (Wildman–Crippen MR) is 75.4 cm³/mol. The Balaban J connectivity index is 4.69. The fourth-order valence-electron chi connectivity index (χ4n) is 2.23. The molecule has 0 saturated carbocycles. The Kier molecular flexibility index (Phi) is 6.14. The maximum atomic E-state index is 11.9. The minimum absolute atomic E-state index is 0.0418. The van der Waals surface area contributed by atoms with Gasteiger partial charge in [0.2, 0.25) is 0 Å². The number of hydrogen-bond donors (Lipinski definition) is 2. The summed E-state index contributed by atoms with van der Waals surface area (Å²) in [6, 6.07) is 0.0518. The molecule has 0 aliphatic rings. The Bertz CT molecular complexity index is 267. The molecule has 3 N–H and O–H groups in total. The van der Waals surface area contributed by atoms with Crippen LogP contribution in [0.15, 0.2) is 0 Å². The fraction of sp³-hybridized carbons (Fsp3) is 0.929. The highest BCUT2D eigenvalue weighted by atomic mass is 16.6. The van der Waals surface area contributed by atoms with Crippen LogP contribution < -0.4 is 11.1 Å². The van der Waals surface area contributed by atoms with Gasteiger partial charge in [-0.1, -0.05) is 27.7 Å². The molecule has 108 valence electrons. The molecule has 0 aliphatic heterocycles. The molecule has 1 unspecified atom stereocenters. The highest BCUT2D eigenvalue weighted by molar-refractivity contribution is 5.68. The Morgan fingerprint density at radius 3 is 2.06 bits per heavy atom. The van der Waals surface area contributed by atoms with Gasteiger partial charge in [0.05, 0.1) is 0 Å². The van der Waals surface area contributed by atoms with Gasteiger partial charge >= 0.3 is 6.09 Å². The lowest BCUT2D eigenvalue weighted by molar-refractivity contribution is 0.0419. The number of amides is 1. The molecule has 1 atom stereocenters. The van der Waals surface area contributed by atoms with E-state index in [9.17, 15) is 4.79 Å². The zero-order valence-electron chi connectivity index (χ0n) is 13.0. The summed E-state index contributed by atoms with van der Waals surface area (Å²) in [4.78, 5) is 11.9. The zero-order chi connectivity index (χ0) is 14.6. The molecular formula is C14H30N2O2. The summed E-state index contributed by atoms with van der Waals surface area (Å²) in [7, 11) is 0. The van der Waals surface area contributed by atoms with E-state index in [0.29, 0.717) is 12.5 Å². The number of alkyl carbamates (subject to hydrolysis) is 1. The van der Waals surface area contributed by atoms with Crippen molar-refractivity contribution in [1.82, 2.24) is 5.32 Å². The Morgan fingerprint density at radius 2 is 1.72 bits per heavy atom. The average molecular weight is 258 g/mol. The van der Waals surface area contributed by atoms with E-state index < -0.39 is 5.60 Å². The lowest BCUT2D eigenvalue weighted by Crippen LogP contribution is -2.50. The number of nitrogens with one attached hydrogen (secondary N) is 1. The maximum absolute atomic E-state index is 11.9. The number of ether oxygens (including phenoxy) is 1. The number of carbonyl (C=O) groups is 1. The first-order valence-corrected chi connectivity index (χ1v) is 6.69. The summed E-state index contributed by atoms with van der Waals surface area (Å²) in [5, 5.41) is 2.98. The third-order valence-electron chi connectivity index (χ3n) is 2.97. The molecule has 0 bridgehead atoms. The van der Waals surface area contributed by atoms with Crippen LogP contribution in [0.5, 0.6) is 0 Å². The fourth-order valence-corrected chi connectivity index (χ4v) is 2.23. The van der Waals surface area contributed by atoms with Gasteiger partial charge in [0, 0.05) is 6.04 Å². The Morgan fingerprint density at radius 1 is 1.22 bits per heavy atom. The van der Waals surface area contributed by atoms with Crippen LogP contribution in [0.1, 0.15) is 54.9 Å². The van der Waals surface area contributed by atoms with E-state index in [-0.39, 0.29) is 17.6 Å². The molecule has 0 fully saturated rings. The topological polar surface area (TPSA) is 64.3 Å². The van der Waals surface area contributed by atoms with E-state index in [1.807, 2.05) is 20.8 Å². The number of carbonyl (C=O) groups excluding carboxylic acids is 1. The van der Waals surface area contributed by atoms with Gasteiger partial charge in [-0.2, -0.15) is 0 Å². The van der Waals surface area contributed by atoms with Crippen molar-refractivity contribution in [3.05, 3.63) is 0 Å². The molecular weight excluding hydrogens is 228 g/mol. The summed E-state index contributed by atoms with van der Waals surface area (Å²) in [5.74, 6) is 0.332. The summed E-state index contributed by atoms with van der Waals surface area (Å²) < 4.78 is 5.31. The maximum Gasteiger partial charge on any atom is 0.407 e. The van der Waals surface area contributed by atoms with Crippen molar-refractivity contribution in [2.45, 2.75) is 66.5 Å². The normalized spacial score (nSPS) is 14.5. The summed E-state index contributed by atoms with van der Waals surface area (Å²) in [6.45, 7) is 14.7. The van der Waals surface area contributed by atoms with Crippen molar-refractivity contribution >= 4 is 6.09 Å². The molecule has 0 saturated heterocycles. The molecule has 0 aromatic carbocycles. The van der Waals surface area contributed by atoms with E-state index in [2.05, 4.69) is 33.0 Å². The molecule has 18 heavy (non-hydrogen) atoms. The molecule has 0 heterocycles. The first kappa shape index (κ1) is 17.2. The lowest BCUT2D eigenvalue weighted by atomic mass is 9.76. The quantitative estimate of drug-likeness (QED) is 0.797. The van der Waals surface area contributed by atoms with Crippen molar-refractivity contribution < 1.29 is 9.53 Å². The monoisotopic (exact) mass is 258 g/mol. The molecule has 0 aromatic rings. The number of nitrogens with two attached hydrogens (primary N) is 1. The van der Waals surface area contributed by atoms with Crippen LogP contribution in [0.4, 0.5) is 4.79 Å². The SMILES string of the molecule is CC(C)C(NC(=O)OC(C)(C)C)C(C)(C)CCN. The van der Waals surface area contributed by atoms with Gasteiger partial charge in [-0.3, -0.25) is 0 Å². The molecule has 4 nitrogen and oxygen atoms in total. The summed E-state index contributed by atoms with van der Waals surface area (Å²) in [6.07, 6.45) is 0.511. The van der Waals surface area contributed by atoms with Gasteiger partial charge in [0.15, 0.2) is 0 Å². The summed E-state index contributed by atoms with van der Waals surface area (Å²) >= 11 is 0. The smallest absolute Gasteiger partial charge is 0.407 e. The van der Waals surface area contributed by atoms with Gasteiger partial charge in [0.1, 0.15) is 5.60 Å². The van der Waals surface area contributed by atoms with Crippen molar-refractivity contribution in [2.75, 3.05) is 6.54 Å². The van der Waals surface area contributed by atoms with E-state index >= 15 is 0 Å². The first-order chi connectivity index (χ1) is 7.99. The molecule has 0 aliphatic carbocycles. The van der Waals surface area contributed by atoms with Crippen LogP contribution in [0, 0.1) is 11.3 Å². The largest absolute Gasteiger partial charge is 0.444 e. The second-order valence-corrected chi connectivity index (χ2v) is 6.90. The van der Waals surface area contributed by atoms with Crippen LogP contribution in [-0.2, 0) is 4.74 Å². The molecule has 0 spiro atoms. The van der Waals surface area contributed by atoms with Crippen LogP contribution in [0.2, 0.25) is 0 Å². The van der Waals surface area contributed by atoms with Crippen LogP contribution in [-0.4, -0.2) is 24.3 Å². The second-order valence-electron chi connectivity index (χ2n) is 6.90. The van der Waals surface area contributed by atoms with Crippen molar-refractivity contribution in [3.63, 3.8) is 0 Å². The Hall–Kier alpha value is -0.770. The van der Waals surface area contributed by atoms with Gasteiger partial charge in [0.25, 0.3) is 0 Å². The van der Waals surface area contributed by atoms with Crippen molar-refractivity contribution in [1.29, 1.82) is 0 Å². The second kappa shape index (κ2) is 6.41. The van der Waals surface area contributed by atoms with Gasteiger partial charge in [-0.25, -0.2) is 4.79 Å². The van der Waals surface area contributed by atoms with Gasteiger partial charge in [-0.05, 0) is 45.1 Å². The lowest BCUT2D eigenvalue weighted by Gasteiger charge is -2.38. The Labute approximate surface area is 112 Å².